The Balaban J connectivity index is 0.00000225. The van der Waals surface area contributed by atoms with Crippen LogP contribution in [0.15, 0.2) is 59.6 Å². The maximum atomic E-state index is 12.8. The lowest BCUT2D eigenvalue weighted by Crippen LogP contribution is -2.43. The minimum Gasteiger partial charge on any atom is -0.312 e. The van der Waals surface area contributed by atoms with Crippen LogP contribution in [-0.4, -0.2) is 31.4 Å². The molecule has 1 heterocycles. The first kappa shape index (κ1) is 19.2. The maximum absolute atomic E-state index is 12.8. The molecule has 1 aliphatic rings. The lowest BCUT2D eigenvalue weighted by molar-refractivity contribution is -0.120. The van der Waals surface area contributed by atoms with Gasteiger partial charge in [0.05, 0.1) is 11.4 Å². The van der Waals surface area contributed by atoms with Crippen molar-refractivity contribution in [3.63, 3.8) is 0 Å². The van der Waals surface area contributed by atoms with E-state index in [1.54, 1.807) is 4.90 Å². The van der Waals surface area contributed by atoms with Gasteiger partial charge in [-0.15, -0.1) is 12.4 Å². The molecule has 1 amide bonds. The predicted molar refractivity (Wildman–Crippen MR) is 106 cm³/mol. The van der Waals surface area contributed by atoms with Gasteiger partial charge in [0.25, 0.3) is 5.91 Å². The molecule has 25 heavy (non-hydrogen) atoms. The fourth-order valence-electron chi connectivity index (χ4n) is 2.90. The minimum atomic E-state index is -0.552. The number of halogens is 1. The van der Waals surface area contributed by atoms with Gasteiger partial charge in [-0.3, -0.25) is 15.1 Å². The van der Waals surface area contributed by atoms with Gasteiger partial charge in [-0.25, -0.2) is 0 Å². The number of nitrogens with one attached hydrogen (secondary N) is 1. The lowest BCUT2D eigenvalue weighted by atomic mass is 10.0. The van der Waals surface area contributed by atoms with Gasteiger partial charge in [-0.05, 0) is 19.0 Å². The first-order valence-electron chi connectivity index (χ1n) is 8.46. The number of benzene rings is 2. The molecule has 4 nitrogen and oxygen atoms in total. The molecule has 2 aromatic carbocycles. The number of fused-ring (bicyclic) bond motifs is 1. The summed E-state index contributed by atoms with van der Waals surface area (Å²) in [7, 11) is 1.82. The maximum Gasteiger partial charge on any atom is 0.266 e. The van der Waals surface area contributed by atoms with Gasteiger partial charge in [-0.2, -0.15) is 0 Å². The number of likely N-dealkylation sites (N-methyl/N-ethyl adjacent to an activating group) is 1. The van der Waals surface area contributed by atoms with E-state index in [4.69, 9.17) is 4.99 Å². The van der Waals surface area contributed by atoms with Crippen LogP contribution >= 0.6 is 12.4 Å². The van der Waals surface area contributed by atoms with Crippen LogP contribution in [0.25, 0.3) is 0 Å². The third kappa shape index (κ3) is 4.09. The van der Waals surface area contributed by atoms with Crippen molar-refractivity contribution in [1.82, 2.24) is 5.32 Å². The number of carbonyl (C=O) groups excluding carboxylic acids is 1. The molecule has 0 aliphatic carbocycles. The number of rotatable bonds is 5. The molecule has 1 atom stereocenters. The van der Waals surface area contributed by atoms with E-state index in [0.29, 0.717) is 0 Å². The van der Waals surface area contributed by atoms with Crippen molar-refractivity contribution in [1.29, 1.82) is 0 Å². The first-order chi connectivity index (χ1) is 11.7. The molecule has 3 rings (SSSR count). The molecule has 1 aliphatic heterocycles. The first-order valence-corrected chi connectivity index (χ1v) is 8.46. The monoisotopic (exact) mass is 357 g/mol. The Morgan fingerprint density at radius 3 is 2.48 bits per heavy atom. The Kier molecular flexibility index (Phi) is 6.73. The number of hydrogen-bond acceptors (Lipinski definition) is 3. The largest absolute Gasteiger partial charge is 0.312 e. The van der Waals surface area contributed by atoms with Gasteiger partial charge in [0.1, 0.15) is 0 Å². The van der Waals surface area contributed by atoms with Crippen LogP contribution in [0.2, 0.25) is 0 Å². The summed E-state index contributed by atoms with van der Waals surface area (Å²) in [5, 5.41) is 3.30. The molecular formula is C20H24ClN3O. The summed E-state index contributed by atoms with van der Waals surface area (Å²) in [6.07, 6.45) is 1.56. The number of benzodiazepines with no additional fused rings is 1. The van der Waals surface area contributed by atoms with E-state index in [0.717, 1.165) is 41.9 Å². The standard InChI is InChI=1S/C20H23N3O.ClH/c1-3-4-14-21-19-20(24)23(2)17-13-9-8-12-16(17)18(22-19)15-10-6-5-7-11-15;/h5-13,19,21H,3-4,14H2,1-2H3;1H. The van der Waals surface area contributed by atoms with Crippen LogP contribution in [0.1, 0.15) is 30.9 Å². The third-order valence-electron chi connectivity index (χ3n) is 4.26. The Morgan fingerprint density at radius 1 is 1.08 bits per heavy atom. The summed E-state index contributed by atoms with van der Waals surface area (Å²) < 4.78 is 0. The fraction of sp³-hybridized carbons (Fsp3) is 0.300. The van der Waals surface area contributed by atoms with Gasteiger partial charge in [-0.1, -0.05) is 61.9 Å². The molecule has 0 aromatic heterocycles. The number of hydrogen-bond donors (Lipinski definition) is 1. The highest BCUT2D eigenvalue weighted by molar-refractivity contribution is 6.19. The average Bonchev–Trinajstić information content (AvgIpc) is 2.73. The normalized spacial score (nSPS) is 16.6. The molecule has 0 radical (unpaired) electrons. The van der Waals surface area contributed by atoms with Crippen LogP contribution in [0.3, 0.4) is 0 Å². The molecular weight excluding hydrogens is 334 g/mol. The number of aliphatic imine (C=N–C) groups is 1. The van der Waals surface area contributed by atoms with Crippen molar-refractivity contribution in [2.75, 3.05) is 18.5 Å². The summed E-state index contributed by atoms with van der Waals surface area (Å²) in [6, 6.07) is 18.0. The van der Waals surface area contributed by atoms with Gasteiger partial charge >= 0.3 is 0 Å². The predicted octanol–water partition coefficient (Wildman–Crippen LogP) is 3.64. The van der Waals surface area contributed by atoms with Gasteiger partial charge in [0.2, 0.25) is 0 Å². The topological polar surface area (TPSA) is 44.7 Å². The Labute approximate surface area is 155 Å². The van der Waals surface area contributed by atoms with Crippen LogP contribution in [0.4, 0.5) is 5.69 Å². The van der Waals surface area contributed by atoms with E-state index in [1.165, 1.54) is 0 Å². The molecule has 0 bridgehead atoms. The molecule has 1 N–H and O–H groups in total. The SMILES string of the molecule is CCCCNC1N=C(c2ccccc2)c2ccccc2N(C)C1=O.Cl. The van der Waals surface area contributed by atoms with Crippen LogP contribution in [0, 0.1) is 0 Å². The second kappa shape index (κ2) is 8.79. The van der Waals surface area contributed by atoms with E-state index in [1.807, 2.05) is 61.6 Å². The summed E-state index contributed by atoms with van der Waals surface area (Å²) >= 11 is 0. The van der Waals surface area contributed by atoms with Gasteiger partial charge in [0.15, 0.2) is 6.17 Å². The fourth-order valence-corrected chi connectivity index (χ4v) is 2.90. The smallest absolute Gasteiger partial charge is 0.266 e. The van der Waals surface area contributed by atoms with E-state index in [-0.39, 0.29) is 18.3 Å². The summed E-state index contributed by atoms with van der Waals surface area (Å²) in [5.74, 6) is -0.0236. The molecule has 0 fully saturated rings. The molecule has 1 unspecified atom stereocenters. The van der Waals surface area contributed by atoms with Crippen LogP contribution in [-0.2, 0) is 4.79 Å². The third-order valence-corrected chi connectivity index (χ3v) is 4.26. The Morgan fingerprint density at radius 2 is 1.76 bits per heavy atom. The average molecular weight is 358 g/mol. The number of anilines is 1. The Hall–Kier alpha value is -2.17. The summed E-state index contributed by atoms with van der Waals surface area (Å²) in [6.45, 7) is 2.92. The van der Waals surface area contributed by atoms with Crippen molar-refractivity contribution >= 4 is 29.7 Å². The van der Waals surface area contributed by atoms with Crippen molar-refractivity contribution in [2.45, 2.75) is 25.9 Å². The zero-order chi connectivity index (χ0) is 16.9. The van der Waals surface area contributed by atoms with Crippen molar-refractivity contribution in [2.24, 2.45) is 4.99 Å². The Bertz CT molecular complexity index is 746. The highest BCUT2D eigenvalue weighted by atomic mass is 35.5. The zero-order valence-electron chi connectivity index (χ0n) is 14.6. The van der Waals surface area contributed by atoms with E-state index in [2.05, 4.69) is 12.2 Å². The molecule has 0 saturated heterocycles. The number of unbranched alkanes of at least 4 members (excludes halogenated alkanes) is 1. The van der Waals surface area contributed by atoms with Crippen molar-refractivity contribution < 1.29 is 4.79 Å². The second-order valence-corrected chi connectivity index (χ2v) is 5.97. The van der Waals surface area contributed by atoms with Gasteiger partial charge in [0, 0.05) is 18.2 Å². The highest BCUT2D eigenvalue weighted by Crippen LogP contribution is 2.26. The molecule has 5 heteroatoms. The second-order valence-electron chi connectivity index (χ2n) is 5.97. The number of amides is 1. The highest BCUT2D eigenvalue weighted by Gasteiger charge is 2.29. The summed E-state index contributed by atoms with van der Waals surface area (Å²) in [5.41, 5.74) is 3.76. The van der Waals surface area contributed by atoms with Gasteiger partial charge < -0.3 is 4.90 Å². The van der Waals surface area contributed by atoms with E-state index >= 15 is 0 Å². The van der Waals surface area contributed by atoms with Crippen molar-refractivity contribution in [3.05, 3.63) is 65.7 Å². The number of para-hydroxylation sites is 1. The van der Waals surface area contributed by atoms with Crippen LogP contribution < -0.4 is 10.2 Å². The molecule has 0 spiro atoms. The van der Waals surface area contributed by atoms with Crippen molar-refractivity contribution in [3.8, 4) is 0 Å². The zero-order valence-corrected chi connectivity index (χ0v) is 15.4. The molecule has 2 aromatic rings. The number of nitrogens with zero attached hydrogens (tertiary/aromatic N) is 2. The lowest BCUT2D eigenvalue weighted by Gasteiger charge is -2.20. The van der Waals surface area contributed by atoms with E-state index < -0.39 is 6.17 Å². The molecule has 0 saturated carbocycles. The van der Waals surface area contributed by atoms with Crippen LogP contribution in [0.5, 0.6) is 0 Å². The van der Waals surface area contributed by atoms with E-state index in [9.17, 15) is 4.79 Å². The quantitative estimate of drug-likeness (QED) is 0.830. The summed E-state index contributed by atoms with van der Waals surface area (Å²) in [4.78, 5) is 19.3. The molecule has 132 valence electrons. The minimum absolute atomic E-state index is 0. The number of carbonyl (C=O) groups is 1.